The van der Waals surface area contributed by atoms with Gasteiger partial charge in [0.15, 0.2) is 0 Å². The van der Waals surface area contributed by atoms with Crippen LogP contribution in [0.5, 0.6) is 0 Å². The smallest absolute Gasteiger partial charge is 0.380 e. The van der Waals surface area contributed by atoms with Gasteiger partial charge in [-0.05, 0) is 6.92 Å². The quantitative estimate of drug-likeness (QED) is 0.804. The molecule has 1 fully saturated rings. The number of hydrogen-bond acceptors (Lipinski definition) is 2. The molecule has 1 saturated heterocycles. The number of rotatable bonds is 2. The second kappa shape index (κ2) is 5.52. The van der Waals surface area contributed by atoms with E-state index < -0.39 is 18.1 Å². The molecule has 0 bridgehead atoms. The Morgan fingerprint density at radius 1 is 1.38 bits per heavy atom. The van der Waals surface area contributed by atoms with E-state index in [0.717, 1.165) is 0 Å². The van der Waals surface area contributed by atoms with Gasteiger partial charge in [-0.15, -0.1) is 0 Å². The van der Waals surface area contributed by atoms with E-state index in [1.54, 1.807) is 13.8 Å². The summed E-state index contributed by atoms with van der Waals surface area (Å²) < 4.78 is 40.5. The Bertz CT molecular complexity index is 237. The highest BCUT2D eigenvalue weighted by Crippen LogP contribution is 2.31. The topological polar surface area (TPSA) is 38.3 Å². The molecule has 1 amide bonds. The number of hydrogen-bond donors (Lipinski definition) is 1. The highest BCUT2D eigenvalue weighted by atomic mass is 19.4. The van der Waals surface area contributed by atoms with Crippen molar-refractivity contribution in [2.75, 3.05) is 13.2 Å². The standard InChI is InChI=1S/C8H12F3NO2.C2H6/c1-5(7(2)3-14-4-7)12-6(13)8(9,10)11;1-2/h5H,3-4H2,1-2H3,(H,12,13);1-2H3. The Morgan fingerprint density at radius 3 is 2.06 bits per heavy atom. The zero-order chi connectivity index (χ0) is 13.0. The molecule has 0 aliphatic carbocycles. The number of ether oxygens (including phenoxy) is 1. The minimum atomic E-state index is -4.81. The molecule has 0 aromatic heterocycles. The third-order valence-corrected chi connectivity index (χ3v) is 2.51. The van der Waals surface area contributed by atoms with Gasteiger partial charge in [0, 0.05) is 11.5 Å². The van der Waals surface area contributed by atoms with Crippen molar-refractivity contribution in [3.63, 3.8) is 0 Å². The van der Waals surface area contributed by atoms with Crippen LogP contribution in [0.4, 0.5) is 13.2 Å². The van der Waals surface area contributed by atoms with E-state index in [4.69, 9.17) is 4.74 Å². The zero-order valence-corrected chi connectivity index (χ0v) is 9.94. The molecule has 1 unspecified atom stereocenters. The summed E-state index contributed by atoms with van der Waals surface area (Å²) in [5, 5.41) is 1.92. The number of alkyl halides is 3. The monoisotopic (exact) mass is 241 g/mol. The third-order valence-electron chi connectivity index (χ3n) is 2.51. The molecule has 3 nitrogen and oxygen atoms in total. The van der Waals surface area contributed by atoms with Gasteiger partial charge in [-0.2, -0.15) is 13.2 Å². The molecule has 96 valence electrons. The van der Waals surface area contributed by atoms with Crippen LogP contribution in [0.15, 0.2) is 0 Å². The summed E-state index contributed by atoms with van der Waals surface area (Å²) in [5.74, 6) is -1.89. The minimum absolute atomic E-state index is 0.374. The summed E-state index contributed by atoms with van der Waals surface area (Å²) in [4.78, 5) is 10.6. The summed E-state index contributed by atoms with van der Waals surface area (Å²) in [6, 6.07) is -0.537. The van der Waals surface area contributed by atoms with Crippen LogP contribution in [0, 0.1) is 5.41 Å². The maximum Gasteiger partial charge on any atom is 0.471 e. The molecule has 0 aromatic carbocycles. The van der Waals surface area contributed by atoms with E-state index in [-0.39, 0.29) is 5.41 Å². The van der Waals surface area contributed by atoms with Crippen LogP contribution in [0.2, 0.25) is 0 Å². The van der Waals surface area contributed by atoms with Crippen molar-refractivity contribution in [1.29, 1.82) is 0 Å². The van der Waals surface area contributed by atoms with Gasteiger partial charge in [0.2, 0.25) is 0 Å². The molecule has 0 saturated carbocycles. The summed E-state index contributed by atoms with van der Waals surface area (Å²) in [5.41, 5.74) is -0.374. The van der Waals surface area contributed by atoms with Crippen LogP contribution >= 0.6 is 0 Å². The van der Waals surface area contributed by atoms with Gasteiger partial charge in [-0.3, -0.25) is 4.79 Å². The Balaban J connectivity index is 0.00000106. The zero-order valence-electron chi connectivity index (χ0n) is 9.94. The first-order valence-corrected chi connectivity index (χ1v) is 5.21. The molecular formula is C10H18F3NO2. The largest absolute Gasteiger partial charge is 0.471 e. The van der Waals surface area contributed by atoms with E-state index in [1.807, 2.05) is 19.2 Å². The predicted molar refractivity (Wildman–Crippen MR) is 53.9 cm³/mol. The highest BCUT2D eigenvalue weighted by Gasteiger charge is 2.44. The van der Waals surface area contributed by atoms with Crippen molar-refractivity contribution in [2.24, 2.45) is 5.41 Å². The first-order valence-electron chi connectivity index (χ1n) is 5.21. The van der Waals surface area contributed by atoms with Crippen molar-refractivity contribution < 1.29 is 22.7 Å². The van der Waals surface area contributed by atoms with Crippen LogP contribution in [0.25, 0.3) is 0 Å². The first kappa shape index (κ1) is 15.2. The fourth-order valence-corrected chi connectivity index (χ4v) is 1.13. The van der Waals surface area contributed by atoms with Crippen molar-refractivity contribution >= 4 is 5.91 Å². The average Bonchev–Trinajstić information content (AvgIpc) is 2.15. The van der Waals surface area contributed by atoms with Crippen molar-refractivity contribution in [3.05, 3.63) is 0 Å². The van der Waals surface area contributed by atoms with E-state index >= 15 is 0 Å². The van der Waals surface area contributed by atoms with E-state index in [2.05, 4.69) is 0 Å². The van der Waals surface area contributed by atoms with E-state index in [1.165, 1.54) is 0 Å². The van der Waals surface area contributed by atoms with Gasteiger partial charge in [-0.1, -0.05) is 20.8 Å². The fraction of sp³-hybridized carbons (Fsp3) is 0.900. The number of halogens is 3. The lowest BCUT2D eigenvalue weighted by molar-refractivity contribution is -0.178. The molecule has 1 aliphatic heterocycles. The van der Waals surface area contributed by atoms with Crippen molar-refractivity contribution in [3.8, 4) is 0 Å². The molecular weight excluding hydrogens is 223 g/mol. The number of amides is 1. The maximum atomic E-state index is 11.9. The van der Waals surface area contributed by atoms with Crippen LogP contribution in [0.3, 0.4) is 0 Å². The lowest BCUT2D eigenvalue weighted by atomic mass is 9.81. The maximum absolute atomic E-state index is 11.9. The van der Waals surface area contributed by atoms with Crippen LogP contribution in [-0.4, -0.2) is 31.3 Å². The summed E-state index contributed by atoms with van der Waals surface area (Å²) >= 11 is 0. The minimum Gasteiger partial charge on any atom is -0.380 e. The Kier molecular flexibility index (Phi) is 5.25. The second-order valence-electron chi connectivity index (χ2n) is 3.84. The summed E-state index contributed by atoms with van der Waals surface area (Å²) in [7, 11) is 0. The lowest BCUT2D eigenvalue weighted by Gasteiger charge is -2.43. The van der Waals surface area contributed by atoms with Gasteiger partial charge in [-0.25, -0.2) is 0 Å². The Morgan fingerprint density at radius 2 is 1.81 bits per heavy atom. The summed E-state index contributed by atoms with van der Waals surface area (Å²) in [6.45, 7) is 8.09. The summed E-state index contributed by atoms with van der Waals surface area (Å²) in [6.07, 6.45) is -4.81. The second-order valence-corrected chi connectivity index (χ2v) is 3.84. The van der Waals surface area contributed by atoms with Gasteiger partial charge >= 0.3 is 12.1 Å². The molecule has 1 heterocycles. The van der Waals surface area contributed by atoms with Crippen molar-refractivity contribution in [2.45, 2.75) is 39.9 Å². The van der Waals surface area contributed by atoms with E-state index in [0.29, 0.717) is 13.2 Å². The average molecular weight is 241 g/mol. The van der Waals surface area contributed by atoms with Gasteiger partial charge < -0.3 is 10.1 Å². The predicted octanol–water partition coefficient (Wildman–Crippen LogP) is 2.12. The molecule has 0 radical (unpaired) electrons. The molecule has 1 aliphatic rings. The number of carbonyl (C=O) groups is 1. The number of nitrogens with one attached hydrogen (secondary N) is 1. The van der Waals surface area contributed by atoms with Crippen molar-refractivity contribution in [1.82, 2.24) is 5.32 Å². The molecule has 1 atom stereocenters. The van der Waals surface area contributed by atoms with Gasteiger partial charge in [0.1, 0.15) is 0 Å². The number of carbonyl (C=O) groups excluding carboxylic acids is 1. The molecule has 1 N–H and O–H groups in total. The SMILES string of the molecule is CC.CC(NC(=O)C(F)(F)F)C1(C)COC1. The van der Waals surface area contributed by atoms with Crippen LogP contribution in [-0.2, 0) is 9.53 Å². The van der Waals surface area contributed by atoms with Gasteiger partial charge in [0.05, 0.1) is 13.2 Å². The molecule has 16 heavy (non-hydrogen) atoms. The Labute approximate surface area is 93.3 Å². The lowest BCUT2D eigenvalue weighted by Crippen LogP contribution is -2.56. The third kappa shape index (κ3) is 3.66. The molecule has 0 aromatic rings. The molecule has 0 spiro atoms. The first-order chi connectivity index (χ1) is 7.26. The normalized spacial score (nSPS) is 19.9. The highest BCUT2D eigenvalue weighted by molar-refractivity contribution is 5.82. The fourth-order valence-electron chi connectivity index (χ4n) is 1.13. The Hall–Kier alpha value is -0.780. The van der Waals surface area contributed by atoms with Gasteiger partial charge in [0.25, 0.3) is 0 Å². The van der Waals surface area contributed by atoms with Crippen LogP contribution < -0.4 is 5.32 Å². The van der Waals surface area contributed by atoms with Crippen LogP contribution in [0.1, 0.15) is 27.7 Å². The van der Waals surface area contributed by atoms with E-state index in [9.17, 15) is 18.0 Å². The molecule has 6 heteroatoms. The molecule has 1 rings (SSSR count).